The van der Waals surface area contributed by atoms with Gasteiger partial charge in [-0.3, -0.25) is 18.7 Å². The Kier molecular flexibility index (Phi) is 4.49. The molecule has 0 aliphatic carbocycles. The molecule has 3 heterocycles. The Morgan fingerprint density at radius 3 is 2.56 bits per heavy atom. The van der Waals surface area contributed by atoms with Crippen molar-refractivity contribution in [3.8, 4) is 0 Å². The van der Waals surface area contributed by atoms with Crippen molar-refractivity contribution < 1.29 is 4.79 Å². The van der Waals surface area contributed by atoms with E-state index in [0.717, 1.165) is 9.44 Å². The number of carbonyl (C=O) groups is 1. The minimum atomic E-state index is -0.490. The number of fused-ring (bicyclic) bond motifs is 1. The van der Waals surface area contributed by atoms with Gasteiger partial charge in [-0.15, -0.1) is 11.3 Å². The van der Waals surface area contributed by atoms with Gasteiger partial charge in [0.15, 0.2) is 0 Å². The lowest BCUT2D eigenvalue weighted by molar-refractivity contribution is 0.0781. The molecule has 3 aromatic heterocycles. The summed E-state index contributed by atoms with van der Waals surface area (Å²) >= 11 is 7.31. The summed E-state index contributed by atoms with van der Waals surface area (Å²) in [5, 5.41) is 0.286. The summed E-state index contributed by atoms with van der Waals surface area (Å²) in [4.78, 5) is 43.5. The van der Waals surface area contributed by atoms with Gasteiger partial charge in [0.05, 0.1) is 16.3 Å². The Morgan fingerprint density at radius 2 is 1.92 bits per heavy atom. The van der Waals surface area contributed by atoms with Gasteiger partial charge in [0.25, 0.3) is 11.5 Å². The van der Waals surface area contributed by atoms with E-state index in [1.54, 1.807) is 13.1 Å². The molecular formula is C16H15ClN4O3S. The van der Waals surface area contributed by atoms with Crippen molar-refractivity contribution in [2.45, 2.75) is 6.54 Å². The van der Waals surface area contributed by atoms with Crippen LogP contribution in [0.3, 0.4) is 0 Å². The van der Waals surface area contributed by atoms with E-state index in [0.29, 0.717) is 10.9 Å². The third-order valence-corrected chi connectivity index (χ3v) is 5.11. The number of rotatable bonds is 3. The van der Waals surface area contributed by atoms with E-state index in [-0.39, 0.29) is 22.6 Å². The van der Waals surface area contributed by atoms with Crippen LogP contribution >= 0.6 is 22.9 Å². The van der Waals surface area contributed by atoms with Gasteiger partial charge in [0, 0.05) is 26.0 Å². The molecular weight excluding hydrogens is 364 g/mol. The monoisotopic (exact) mass is 378 g/mol. The predicted molar refractivity (Wildman–Crippen MR) is 97.4 cm³/mol. The molecule has 0 unspecified atom stereocenters. The first-order chi connectivity index (χ1) is 11.8. The van der Waals surface area contributed by atoms with Crippen LogP contribution in [-0.4, -0.2) is 32.0 Å². The number of hydrogen-bond donors (Lipinski definition) is 0. The van der Waals surface area contributed by atoms with Gasteiger partial charge in [0.2, 0.25) is 0 Å². The minimum Gasteiger partial charge on any atom is -0.335 e. The quantitative estimate of drug-likeness (QED) is 0.694. The first-order valence-corrected chi connectivity index (χ1v) is 8.55. The molecule has 0 radical (unpaired) electrons. The molecule has 9 heteroatoms. The third kappa shape index (κ3) is 3.10. The number of thiophene rings is 1. The molecule has 1 amide bonds. The standard InChI is InChI=1S/C16H15ClN4O3S/c1-19(8-9-4-7-12(17)25-9)15(23)11-6-5-10-13(18-11)20(2)16(24)21(3)14(10)22/h4-7H,8H2,1-3H3. The average molecular weight is 379 g/mol. The molecule has 0 aliphatic heterocycles. The zero-order chi connectivity index (χ0) is 18.3. The molecule has 0 bridgehead atoms. The van der Waals surface area contributed by atoms with E-state index in [1.807, 2.05) is 6.07 Å². The SMILES string of the molecule is CN(Cc1ccc(Cl)s1)C(=O)c1ccc2c(=O)n(C)c(=O)n(C)c2n1. The predicted octanol–water partition coefficient (Wildman–Crippen LogP) is 1.62. The largest absolute Gasteiger partial charge is 0.335 e. The summed E-state index contributed by atoms with van der Waals surface area (Å²) in [6.45, 7) is 0.394. The fourth-order valence-corrected chi connectivity index (χ4v) is 3.65. The maximum Gasteiger partial charge on any atom is 0.332 e. The Balaban J connectivity index is 2.00. The van der Waals surface area contributed by atoms with Gasteiger partial charge in [0.1, 0.15) is 11.3 Å². The number of halogens is 1. The van der Waals surface area contributed by atoms with Gasteiger partial charge in [-0.2, -0.15) is 0 Å². The molecule has 3 aromatic rings. The lowest BCUT2D eigenvalue weighted by atomic mass is 10.2. The summed E-state index contributed by atoms with van der Waals surface area (Å²) in [5.74, 6) is -0.306. The van der Waals surface area contributed by atoms with Crippen LogP contribution in [-0.2, 0) is 20.6 Å². The lowest BCUT2D eigenvalue weighted by Gasteiger charge is -2.16. The number of aromatic nitrogens is 3. The molecule has 130 valence electrons. The molecule has 0 N–H and O–H groups in total. The smallest absolute Gasteiger partial charge is 0.332 e. The van der Waals surface area contributed by atoms with Crippen LogP contribution in [0.15, 0.2) is 33.9 Å². The van der Waals surface area contributed by atoms with Crippen LogP contribution < -0.4 is 11.2 Å². The van der Waals surface area contributed by atoms with Crippen molar-refractivity contribution in [3.63, 3.8) is 0 Å². The third-order valence-electron chi connectivity index (χ3n) is 3.89. The maximum absolute atomic E-state index is 12.6. The summed E-state index contributed by atoms with van der Waals surface area (Å²) < 4.78 is 2.93. The maximum atomic E-state index is 12.6. The minimum absolute atomic E-state index is 0.168. The molecule has 7 nitrogen and oxygen atoms in total. The zero-order valence-corrected chi connectivity index (χ0v) is 15.4. The molecule has 0 aliphatic rings. The highest BCUT2D eigenvalue weighted by Crippen LogP contribution is 2.22. The van der Waals surface area contributed by atoms with Crippen molar-refractivity contribution in [1.82, 2.24) is 19.0 Å². The second kappa shape index (κ2) is 6.45. The summed E-state index contributed by atoms with van der Waals surface area (Å²) in [6.07, 6.45) is 0. The van der Waals surface area contributed by atoms with E-state index >= 15 is 0 Å². The van der Waals surface area contributed by atoms with E-state index in [2.05, 4.69) is 4.98 Å². The number of aryl methyl sites for hydroxylation is 1. The molecule has 0 fully saturated rings. The lowest BCUT2D eigenvalue weighted by Crippen LogP contribution is -2.37. The Morgan fingerprint density at radius 1 is 1.20 bits per heavy atom. The summed E-state index contributed by atoms with van der Waals surface area (Å²) in [7, 11) is 4.58. The number of hydrogen-bond acceptors (Lipinski definition) is 5. The van der Waals surface area contributed by atoms with Gasteiger partial charge in [-0.1, -0.05) is 11.6 Å². The van der Waals surface area contributed by atoms with E-state index < -0.39 is 11.2 Å². The van der Waals surface area contributed by atoms with Crippen molar-refractivity contribution in [1.29, 1.82) is 0 Å². The summed E-state index contributed by atoms with van der Waals surface area (Å²) in [6, 6.07) is 6.65. The van der Waals surface area contributed by atoms with E-state index in [4.69, 9.17) is 11.6 Å². The first-order valence-electron chi connectivity index (χ1n) is 7.36. The van der Waals surface area contributed by atoms with Gasteiger partial charge < -0.3 is 4.90 Å². The van der Waals surface area contributed by atoms with Crippen molar-refractivity contribution in [2.75, 3.05) is 7.05 Å². The number of carbonyl (C=O) groups excluding carboxylic acids is 1. The van der Waals surface area contributed by atoms with Gasteiger partial charge in [-0.05, 0) is 24.3 Å². The van der Waals surface area contributed by atoms with E-state index in [9.17, 15) is 14.4 Å². The Hall–Kier alpha value is -2.45. The molecule has 0 aromatic carbocycles. The highest BCUT2D eigenvalue weighted by Gasteiger charge is 2.17. The number of amides is 1. The van der Waals surface area contributed by atoms with E-state index in [1.165, 1.54) is 47.0 Å². The van der Waals surface area contributed by atoms with Crippen molar-refractivity contribution in [3.05, 3.63) is 60.0 Å². The molecule has 0 saturated heterocycles. The van der Waals surface area contributed by atoms with Gasteiger partial charge >= 0.3 is 5.69 Å². The van der Waals surface area contributed by atoms with Crippen LogP contribution in [0.1, 0.15) is 15.4 Å². The molecule has 0 atom stereocenters. The van der Waals surface area contributed by atoms with Crippen LogP contribution in [0.5, 0.6) is 0 Å². The van der Waals surface area contributed by atoms with Crippen LogP contribution in [0.2, 0.25) is 4.34 Å². The molecule has 0 spiro atoms. The van der Waals surface area contributed by atoms with Crippen LogP contribution in [0.4, 0.5) is 0 Å². The molecule has 3 rings (SSSR count). The molecule has 25 heavy (non-hydrogen) atoms. The first kappa shape index (κ1) is 17.4. The Labute approximate surface area is 151 Å². The topological polar surface area (TPSA) is 77.2 Å². The number of nitrogens with zero attached hydrogens (tertiary/aromatic N) is 4. The zero-order valence-electron chi connectivity index (χ0n) is 13.8. The average Bonchev–Trinajstić information content (AvgIpc) is 3.01. The normalized spacial score (nSPS) is 11.0. The van der Waals surface area contributed by atoms with Crippen LogP contribution in [0.25, 0.3) is 11.0 Å². The summed E-state index contributed by atoms with van der Waals surface area (Å²) in [5.41, 5.74) is -0.574. The van der Waals surface area contributed by atoms with Crippen molar-refractivity contribution >= 4 is 39.9 Å². The van der Waals surface area contributed by atoms with Crippen LogP contribution in [0, 0.1) is 0 Å². The fraction of sp³-hybridized carbons (Fsp3) is 0.250. The van der Waals surface area contributed by atoms with Crippen molar-refractivity contribution in [2.24, 2.45) is 14.1 Å². The second-order valence-corrected chi connectivity index (χ2v) is 7.44. The molecule has 0 saturated carbocycles. The highest BCUT2D eigenvalue weighted by atomic mass is 35.5. The number of pyridine rings is 1. The van der Waals surface area contributed by atoms with Gasteiger partial charge in [-0.25, -0.2) is 9.78 Å². The highest BCUT2D eigenvalue weighted by molar-refractivity contribution is 7.16. The second-order valence-electron chi connectivity index (χ2n) is 5.64. The Bertz CT molecular complexity index is 1100. The fourth-order valence-electron chi connectivity index (χ4n) is 2.51.